The number of carbonyl (C=O) groups excluding carboxylic acids is 1. The van der Waals surface area contributed by atoms with E-state index < -0.39 is 0 Å². The van der Waals surface area contributed by atoms with Crippen molar-refractivity contribution < 1.29 is 4.79 Å². The molecule has 0 aliphatic heterocycles. The van der Waals surface area contributed by atoms with Crippen molar-refractivity contribution in [1.29, 1.82) is 0 Å². The van der Waals surface area contributed by atoms with Crippen molar-refractivity contribution in [1.82, 2.24) is 4.90 Å². The summed E-state index contributed by atoms with van der Waals surface area (Å²) in [5.41, 5.74) is 1.57. The predicted molar refractivity (Wildman–Crippen MR) is 96.1 cm³/mol. The lowest BCUT2D eigenvalue weighted by Gasteiger charge is -2.26. The lowest BCUT2D eigenvalue weighted by molar-refractivity contribution is 0.0741. The minimum absolute atomic E-state index is 0.0292. The van der Waals surface area contributed by atoms with Gasteiger partial charge in [-0.2, -0.15) is 0 Å². The van der Waals surface area contributed by atoms with E-state index in [4.69, 9.17) is 23.2 Å². The minimum atomic E-state index is -0.140. The van der Waals surface area contributed by atoms with E-state index in [-0.39, 0.29) is 11.9 Å². The Hall–Kier alpha value is -0.780. The van der Waals surface area contributed by atoms with Gasteiger partial charge < -0.3 is 4.90 Å². The summed E-state index contributed by atoms with van der Waals surface area (Å²) in [5, 5.41) is 1.15. The van der Waals surface area contributed by atoms with Crippen molar-refractivity contribution in [2.75, 3.05) is 7.05 Å². The third kappa shape index (κ3) is 3.71. The summed E-state index contributed by atoms with van der Waals surface area (Å²) in [5.74, 6) is -0.0292. The van der Waals surface area contributed by atoms with Crippen molar-refractivity contribution in [3.8, 4) is 0 Å². The van der Waals surface area contributed by atoms with Crippen LogP contribution in [0.4, 0.5) is 0 Å². The smallest absolute Gasteiger partial charge is 0.255 e. The number of hydrogen-bond acceptors (Lipinski definition) is 1. The molecule has 0 radical (unpaired) electrons. The van der Waals surface area contributed by atoms with E-state index >= 15 is 0 Å². The van der Waals surface area contributed by atoms with E-state index in [0.29, 0.717) is 15.6 Å². The third-order valence-corrected chi connectivity index (χ3v) is 4.92. The average Bonchev–Trinajstić information content (AvgIpc) is 2.45. The van der Waals surface area contributed by atoms with Gasteiger partial charge in [-0.15, -0.1) is 0 Å². The SMILES string of the molecule is CC(c1ccc(Cl)cc1Cl)N(C)C(=O)c1ccccc1I. The Bertz CT molecular complexity index is 675. The molecule has 0 fully saturated rings. The Morgan fingerprint density at radius 1 is 1.19 bits per heavy atom. The quantitative estimate of drug-likeness (QED) is 0.591. The fraction of sp³-hybridized carbons (Fsp3) is 0.188. The van der Waals surface area contributed by atoms with Gasteiger partial charge in [0.1, 0.15) is 0 Å². The summed E-state index contributed by atoms with van der Waals surface area (Å²) < 4.78 is 0.932. The van der Waals surface area contributed by atoms with Crippen molar-refractivity contribution in [3.05, 3.63) is 67.2 Å². The van der Waals surface area contributed by atoms with E-state index in [1.54, 1.807) is 24.1 Å². The molecule has 0 heterocycles. The lowest BCUT2D eigenvalue weighted by atomic mass is 10.1. The maximum atomic E-state index is 12.6. The average molecular weight is 434 g/mol. The van der Waals surface area contributed by atoms with Crippen LogP contribution in [0, 0.1) is 3.57 Å². The van der Waals surface area contributed by atoms with Gasteiger partial charge >= 0.3 is 0 Å². The molecular weight excluding hydrogens is 420 g/mol. The second-order valence-electron chi connectivity index (χ2n) is 4.74. The van der Waals surface area contributed by atoms with Crippen molar-refractivity contribution in [2.24, 2.45) is 0 Å². The normalized spacial score (nSPS) is 12.0. The van der Waals surface area contributed by atoms with E-state index in [2.05, 4.69) is 22.6 Å². The first-order chi connectivity index (χ1) is 9.91. The van der Waals surface area contributed by atoms with Gasteiger partial charge in [0, 0.05) is 20.7 Å². The molecule has 1 unspecified atom stereocenters. The molecule has 5 heteroatoms. The molecule has 2 aromatic carbocycles. The molecule has 1 amide bonds. The van der Waals surface area contributed by atoms with Crippen molar-refractivity contribution in [3.63, 3.8) is 0 Å². The molecule has 0 N–H and O–H groups in total. The summed E-state index contributed by atoms with van der Waals surface area (Å²) in [6.45, 7) is 1.95. The molecule has 1 atom stereocenters. The molecule has 21 heavy (non-hydrogen) atoms. The second-order valence-corrected chi connectivity index (χ2v) is 6.74. The first-order valence-corrected chi connectivity index (χ1v) is 8.22. The van der Waals surface area contributed by atoms with Crippen LogP contribution in [0.3, 0.4) is 0 Å². The lowest BCUT2D eigenvalue weighted by Crippen LogP contribution is -2.30. The van der Waals surface area contributed by atoms with E-state index in [1.807, 2.05) is 37.3 Å². The molecule has 0 aliphatic rings. The molecule has 0 saturated carbocycles. The summed E-state index contributed by atoms with van der Waals surface area (Å²) in [7, 11) is 1.78. The molecule has 2 nitrogen and oxygen atoms in total. The number of carbonyl (C=O) groups is 1. The maximum absolute atomic E-state index is 12.6. The van der Waals surface area contributed by atoms with Crippen LogP contribution < -0.4 is 0 Å². The van der Waals surface area contributed by atoms with Crippen molar-refractivity contribution in [2.45, 2.75) is 13.0 Å². The van der Waals surface area contributed by atoms with Gasteiger partial charge in [0.15, 0.2) is 0 Å². The molecule has 0 bridgehead atoms. The zero-order valence-corrected chi connectivity index (χ0v) is 15.3. The van der Waals surface area contributed by atoms with Crippen LogP contribution in [-0.2, 0) is 0 Å². The number of amides is 1. The zero-order chi connectivity index (χ0) is 15.6. The van der Waals surface area contributed by atoms with Gasteiger partial charge in [0.2, 0.25) is 0 Å². The summed E-state index contributed by atoms with van der Waals surface area (Å²) in [6.07, 6.45) is 0. The monoisotopic (exact) mass is 433 g/mol. The number of halogens is 3. The minimum Gasteiger partial charge on any atom is -0.335 e. The van der Waals surface area contributed by atoms with E-state index in [9.17, 15) is 4.79 Å². The van der Waals surface area contributed by atoms with Gasteiger partial charge in [-0.05, 0) is 59.3 Å². The Kier molecular flexibility index (Phi) is 5.52. The standard InChI is InChI=1S/C16H14Cl2INO/c1-10(12-8-7-11(17)9-14(12)18)20(2)16(21)13-5-3-4-6-15(13)19/h3-10H,1-2H3. The van der Waals surface area contributed by atoms with Crippen LogP contribution in [0.15, 0.2) is 42.5 Å². The Morgan fingerprint density at radius 2 is 1.86 bits per heavy atom. The first-order valence-electron chi connectivity index (χ1n) is 6.38. The van der Waals surface area contributed by atoms with Gasteiger partial charge in [-0.1, -0.05) is 41.4 Å². The zero-order valence-electron chi connectivity index (χ0n) is 11.6. The van der Waals surface area contributed by atoms with Gasteiger partial charge in [-0.25, -0.2) is 0 Å². The van der Waals surface area contributed by atoms with Crippen LogP contribution >= 0.6 is 45.8 Å². The molecule has 0 saturated heterocycles. The molecule has 2 rings (SSSR count). The van der Waals surface area contributed by atoms with E-state index in [0.717, 1.165) is 9.13 Å². The number of nitrogens with zero attached hydrogens (tertiary/aromatic N) is 1. The maximum Gasteiger partial charge on any atom is 0.255 e. The highest BCUT2D eigenvalue weighted by Gasteiger charge is 2.22. The predicted octanol–water partition coefficient (Wildman–Crippen LogP) is 5.43. The fourth-order valence-corrected chi connectivity index (χ4v) is 3.23. The van der Waals surface area contributed by atoms with Gasteiger partial charge in [0.25, 0.3) is 5.91 Å². The molecule has 0 aliphatic carbocycles. The number of rotatable bonds is 3. The number of benzene rings is 2. The highest BCUT2D eigenvalue weighted by atomic mass is 127. The Balaban J connectivity index is 2.29. The second kappa shape index (κ2) is 6.99. The summed E-state index contributed by atoms with van der Waals surface area (Å²) in [6, 6.07) is 12.7. The third-order valence-electron chi connectivity index (χ3n) is 3.42. The topological polar surface area (TPSA) is 20.3 Å². The summed E-state index contributed by atoms with van der Waals surface area (Å²) >= 11 is 14.3. The highest BCUT2D eigenvalue weighted by Crippen LogP contribution is 2.30. The van der Waals surface area contributed by atoms with Crippen LogP contribution in [0.1, 0.15) is 28.9 Å². The van der Waals surface area contributed by atoms with E-state index in [1.165, 1.54) is 0 Å². The van der Waals surface area contributed by atoms with Gasteiger partial charge in [0.05, 0.1) is 11.6 Å². The van der Waals surface area contributed by atoms with Crippen LogP contribution in [0.5, 0.6) is 0 Å². The molecule has 0 spiro atoms. The first kappa shape index (κ1) is 16.6. The highest BCUT2D eigenvalue weighted by molar-refractivity contribution is 14.1. The van der Waals surface area contributed by atoms with Crippen LogP contribution in [0.25, 0.3) is 0 Å². The largest absolute Gasteiger partial charge is 0.335 e. The molecule has 2 aromatic rings. The summed E-state index contributed by atoms with van der Waals surface area (Å²) in [4.78, 5) is 14.3. The molecule has 110 valence electrons. The van der Waals surface area contributed by atoms with Crippen LogP contribution in [0.2, 0.25) is 10.0 Å². The Labute approximate surface area is 148 Å². The number of hydrogen-bond donors (Lipinski definition) is 0. The van der Waals surface area contributed by atoms with Crippen molar-refractivity contribution >= 4 is 51.7 Å². The van der Waals surface area contributed by atoms with Crippen LogP contribution in [-0.4, -0.2) is 17.9 Å². The Morgan fingerprint density at radius 3 is 2.48 bits per heavy atom. The van der Waals surface area contributed by atoms with Gasteiger partial charge in [-0.3, -0.25) is 4.79 Å². The molecular formula is C16H14Cl2INO. The fourth-order valence-electron chi connectivity index (χ4n) is 2.05. The molecule has 0 aromatic heterocycles.